The molecule has 0 radical (unpaired) electrons. The number of amides is 2. The smallest absolute Gasteiger partial charge is 0.319 e. The van der Waals surface area contributed by atoms with Gasteiger partial charge < -0.3 is 15.4 Å². The third-order valence-corrected chi connectivity index (χ3v) is 4.16. The summed E-state index contributed by atoms with van der Waals surface area (Å²) < 4.78 is 7.65. The van der Waals surface area contributed by atoms with Crippen LogP contribution in [0.1, 0.15) is 25.0 Å². The summed E-state index contributed by atoms with van der Waals surface area (Å²) in [4.78, 5) is 12.4. The van der Waals surface area contributed by atoms with Gasteiger partial charge in [-0.05, 0) is 35.2 Å². The summed E-state index contributed by atoms with van der Waals surface area (Å²) in [6.07, 6.45) is 3.68. The first-order valence-corrected chi connectivity index (χ1v) is 9.42. The zero-order valence-electron chi connectivity index (χ0n) is 16.3. The van der Waals surface area contributed by atoms with Crippen molar-refractivity contribution in [3.05, 3.63) is 78.1 Å². The monoisotopic (exact) mass is 378 g/mol. The summed E-state index contributed by atoms with van der Waals surface area (Å²) in [6.45, 7) is 5.87. The van der Waals surface area contributed by atoms with Crippen LogP contribution >= 0.6 is 0 Å². The second-order valence-corrected chi connectivity index (χ2v) is 6.98. The van der Waals surface area contributed by atoms with Gasteiger partial charge in [-0.3, -0.25) is 4.68 Å². The van der Waals surface area contributed by atoms with E-state index in [1.807, 2.05) is 65.5 Å². The lowest BCUT2D eigenvalue weighted by Crippen LogP contribution is -2.29. The number of ether oxygens (including phenoxy) is 1. The summed E-state index contributed by atoms with van der Waals surface area (Å²) in [7, 11) is 0. The highest BCUT2D eigenvalue weighted by Gasteiger charge is 2.09. The van der Waals surface area contributed by atoms with E-state index in [1.54, 1.807) is 6.20 Å². The highest BCUT2D eigenvalue weighted by molar-refractivity contribution is 5.90. The van der Waals surface area contributed by atoms with Gasteiger partial charge in [-0.25, -0.2) is 4.79 Å². The van der Waals surface area contributed by atoms with E-state index < -0.39 is 0 Å². The highest BCUT2D eigenvalue weighted by atomic mass is 16.5. The Kier molecular flexibility index (Phi) is 6.68. The molecule has 0 atom stereocenters. The van der Waals surface area contributed by atoms with Gasteiger partial charge in [0.25, 0.3) is 0 Å². The molecule has 0 bridgehead atoms. The van der Waals surface area contributed by atoms with Crippen molar-refractivity contribution in [2.75, 3.05) is 11.9 Å². The third-order valence-electron chi connectivity index (χ3n) is 4.16. The number of urea groups is 1. The average Bonchev–Trinajstić information content (AvgIpc) is 3.20. The van der Waals surface area contributed by atoms with E-state index in [-0.39, 0.29) is 6.03 Å². The van der Waals surface area contributed by atoms with Crippen molar-refractivity contribution in [1.82, 2.24) is 15.1 Å². The number of rotatable bonds is 8. The molecule has 3 aromatic rings. The molecule has 0 saturated carbocycles. The van der Waals surface area contributed by atoms with Crippen LogP contribution in [0.4, 0.5) is 10.5 Å². The van der Waals surface area contributed by atoms with Gasteiger partial charge >= 0.3 is 6.03 Å². The molecule has 0 saturated heterocycles. The van der Waals surface area contributed by atoms with Gasteiger partial charge in [-0.15, -0.1) is 0 Å². The van der Waals surface area contributed by atoms with Crippen LogP contribution in [0.3, 0.4) is 0 Å². The van der Waals surface area contributed by atoms with Crippen LogP contribution in [0.25, 0.3) is 0 Å². The molecule has 0 aliphatic heterocycles. The fourth-order valence-electron chi connectivity index (χ4n) is 2.75. The van der Waals surface area contributed by atoms with Crippen molar-refractivity contribution >= 4 is 11.7 Å². The summed E-state index contributed by atoms with van der Waals surface area (Å²) in [5.41, 5.74) is 2.83. The first-order chi connectivity index (χ1) is 13.6. The second kappa shape index (κ2) is 9.60. The number of aromatic nitrogens is 2. The van der Waals surface area contributed by atoms with E-state index >= 15 is 0 Å². The lowest BCUT2D eigenvalue weighted by atomic mass is 10.1. The molecule has 3 rings (SSSR count). The fourth-order valence-corrected chi connectivity index (χ4v) is 2.75. The van der Waals surface area contributed by atoms with E-state index in [0.29, 0.717) is 37.1 Å². The predicted molar refractivity (Wildman–Crippen MR) is 110 cm³/mol. The Balaban J connectivity index is 1.60. The van der Waals surface area contributed by atoms with Crippen molar-refractivity contribution in [3.63, 3.8) is 0 Å². The maximum absolute atomic E-state index is 12.4. The van der Waals surface area contributed by atoms with Crippen molar-refractivity contribution in [2.45, 2.75) is 26.9 Å². The minimum absolute atomic E-state index is 0.269. The van der Waals surface area contributed by atoms with E-state index in [0.717, 1.165) is 11.1 Å². The van der Waals surface area contributed by atoms with E-state index in [9.17, 15) is 4.79 Å². The van der Waals surface area contributed by atoms with Crippen LogP contribution in [0, 0.1) is 5.92 Å². The summed E-state index contributed by atoms with van der Waals surface area (Å²) in [5, 5.41) is 10.0. The molecule has 0 aliphatic carbocycles. The van der Waals surface area contributed by atoms with E-state index in [1.165, 1.54) is 0 Å². The SMILES string of the molecule is CC(C)COc1ccccc1NC(=O)NCc1ccccc1Cn1cccn1. The van der Waals surface area contributed by atoms with Crippen LogP contribution in [0.2, 0.25) is 0 Å². The fraction of sp³-hybridized carbons (Fsp3) is 0.273. The molecule has 0 fully saturated rings. The number of hydrogen-bond acceptors (Lipinski definition) is 3. The summed E-state index contributed by atoms with van der Waals surface area (Å²) >= 11 is 0. The van der Waals surface area contributed by atoms with Crippen molar-refractivity contribution in [2.24, 2.45) is 5.92 Å². The molecule has 146 valence electrons. The number of carbonyl (C=O) groups excluding carboxylic acids is 1. The van der Waals surface area contributed by atoms with Crippen LogP contribution in [-0.4, -0.2) is 22.4 Å². The van der Waals surface area contributed by atoms with Crippen LogP contribution in [0.5, 0.6) is 5.75 Å². The molecule has 2 amide bonds. The minimum Gasteiger partial charge on any atom is -0.491 e. The Hall–Kier alpha value is -3.28. The topological polar surface area (TPSA) is 68.2 Å². The zero-order valence-corrected chi connectivity index (χ0v) is 16.3. The molecule has 2 aromatic carbocycles. The average molecular weight is 378 g/mol. The number of para-hydroxylation sites is 2. The highest BCUT2D eigenvalue weighted by Crippen LogP contribution is 2.24. The number of nitrogens with zero attached hydrogens (tertiary/aromatic N) is 2. The Labute approximate surface area is 165 Å². The Morgan fingerprint density at radius 1 is 1.07 bits per heavy atom. The van der Waals surface area contributed by atoms with Crippen molar-refractivity contribution in [3.8, 4) is 5.75 Å². The molecular formula is C22H26N4O2. The van der Waals surface area contributed by atoms with Gasteiger partial charge in [0.15, 0.2) is 0 Å². The Bertz CT molecular complexity index is 891. The van der Waals surface area contributed by atoms with Crippen molar-refractivity contribution < 1.29 is 9.53 Å². The Morgan fingerprint density at radius 3 is 2.57 bits per heavy atom. The second-order valence-electron chi connectivity index (χ2n) is 6.98. The van der Waals surface area contributed by atoms with Crippen molar-refractivity contribution in [1.29, 1.82) is 0 Å². The number of nitrogens with one attached hydrogen (secondary N) is 2. The molecule has 0 aliphatic rings. The number of anilines is 1. The molecule has 6 nitrogen and oxygen atoms in total. The lowest BCUT2D eigenvalue weighted by molar-refractivity contribution is 0.251. The summed E-state index contributed by atoms with van der Waals surface area (Å²) in [6, 6.07) is 17.1. The van der Waals surface area contributed by atoms with Gasteiger partial charge in [0.2, 0.25) is 0 Å². The van der Waals surface area contributed by atoms with E-state index in [2.05, 4.69) is 29.6 Å². The maximum Gasteiger partial charge on any atom is 0.319 e. The molecule has 28 heavy (non-hydrogen) atoms. The third kappa shape index (κ3) is 5.61. The first-order valence-electron chi connectivity index (χ1n) is 9.42. The molecule has 1 heterocycles. The van der Waals surface area contributed by atoms with Gasteiger partial charge in [-0.2, -0.15) is 5.10 Å². The minimum atomic E-state index is -0.269. The largest absolute Gasteiger partial charge is 0.491 e. The van der Waals surface area contributed by atoms with Crippen LogP contribution in [0.15, 0.2) is 67.0 Å². The van der Waals surface area contributed by atoms with Gasteiger partial charge in [0.05, 0.1) is 18.8 Å². The first kappa shape index (κ1) is 19.5. The standard InChI is InChI=1S/C22H26N4O2/c1-17(2)16-28-21-11-6-5-10-20(21)25-22(27)23-14-18-8-3-4-9-19(18)15-26-13-7-12-24-26/h3-13,17H,14-16H2,1-2H3,(H2,23,25,27). The number of hydrogen-bond donors (Lipinski definition) is 2. The maximum atomic E-state index is 12.4. The molecule has 6 heteroatoms. The molecular weight excluding hydrogens is 352 g/mol. The number of carbonyl (C=O) groups is 1. The molecule has 1 aromatic heterocycles. The van der Waals surface area contributed by atoms with Gasteiger partial charge in [-0.1, -0.05) is 50.2 Å². The lowest BCUT2D eigenvalue weighted by Gasteiger charge is -2.15. The molecule has 0 unspecified atom stereocenters. The summed E-state index contributed by atoms with van der Waals surface area (Å²) in [5.74, 6) is 1.08. The van der Waals surface area contributed by atoms with Gasteiger partial charge in [0.1, 0.15) is 5.75 Å². The van der Waals surface area contributed by atoms with E-state index in [4.69, 9.17) is 4.74 Å². The predicted octanol–water partition coefficient (Wildman–Crippen LogP) is 4.29. The number of benzene rings is 2. The van der Waals surface area contributed by atoms with Crippen LogP contribution < -0.4 is 15.4 Å². The molecule has 2 N–H and O–H groups in total. The Morgan fingerprint density at radius 2 is 1.82 bits per heavy atom. The normalized spacial score (nSPS) is 10.7. The van der Waals surface area contributed by atoms with Gasteiger partial charge in [0, 0.05) is 18.9 Å². The van der Waals surface area contributed by atoms with Crippen LogP contribution in [-0.2, 0) is 13.1 Å². The molecule has 0 spiro atoms. The quantitative estimate of drug-likeness (QED) is 0.614. The zero-order chi connectivity index (χ0) is 19.8.